The van der Waals surface area contributed by atoms with Crippen LogP contribution in [-0.4, -0.2) is 6.61 Å². The molecule has 1 heteroatoms. The minimum absolute atomic E-state index is 0.706. The molecule has 0 atom stereocenters. The first kappa shape index (κ1) is 11.0. The van der Waals surface area contributed by atoms with Crippen LogP contribution in [0.2, 0.25) is 0 Å². The van der Waals surface area contributed by atoms with Crippen LogP contribution in [0.3, 0.4) is 0 Å². The summed E-state index contributed by atoms with van der Waals surface area (Å²) in [6.45, 7) is 3.60. The number of ether oxygens (including phenoxy) is 1. The molecule has 0 bridgehead atoms. The SMILES string of the molecule is CCCC=CCOCc1ccccc1. The average Bonchev–Trinajstić information content (AvgIpc) is 2.25. The van der Waals surface area contributed by atoms with Gasteiger partial charge in [-0.3, -0.25) is 0 Å². The van der Waals surface area contributed by atoms with Gasteiger partial charge in [-0.25, -0.2) is 0 Å². The Bertz CT molecular complexity index is 251. The van der Waals surface area contributed by atoms with E-state index in [4.69, 9.17) is 4.74 Å². The van der Waals surface area contributed by atoms with E-state index in [1.54, 1.807) is 0 Å². The lowest BCUT2D eigenvalue weighted by atomic mass is 10.2. The van der Waals surface area contributed by atoms with Crippen LogP contribution in [-0.2, 0) is 11.3 Å². The molecule has 0 aliphatic rings. The fourth-order valence-corrected chi connectivity index (χ4v) is 1.17. The van der Waals surface area contributed by atoms with Gasteiger partial charge in [-0.15, -0.1) is 0 Å². The van der Waals surface area contributed by atoms with Crippen LogP contribution >= 0.6 is 0 Å². The van der Waals surface area contributed by atoms with E-state index in [0.717, 1.165) is 13.0 Å². The standard InChI is InChI=1S/C13H18O/c1-2-3-4-8-11-14-12-13-9-6-5-7-10-13/h4-10H,2-3,11-12H2,1H3. The maximum absolute atomic E-state index is 5.48. The van der Waals surface area contributed by atoms with Gasteiger partial charge in [0.2, 0.25) is 0 Å². The second-order valence-corrected chi connectivity index (χ2v) is 3.26. The second kappa shape index (κ2) is 7.34. The smallest absolute Gasteiger partial charge is 0.0721 e. The fourth-order valence-electron chi connectivity index (χ4n) is 1.17. The van der Waals surface area contributed by atoms with Crippen molar-refractivity contribution >= 4 is 0 Å². The van der Waals surface area contributed by atoms with E-state index in [9.17, 15) is 0 Å². The Morgan fingerprint density at radius 2 is 1.93 bits per heavy atom. The van der Waals surface area contributed by atoms with Crippen LogP contribution in [0.5, 0.6) is 0 Å². The molecule has 1 aromatic rings. The molecule has 1 rings (SSSR count). The third-order valence-corrected chi connectivity index (χ3v) is 1.95. The van der Waals surface area contributed by atoms with Crippen molar-refractivity contribution < 1.29 is 4.74 Å². The largest absolute Gasteiger partial charge is 0.373 e. The number of rotatable bonds is 6. The Balaban J connectivity index is 2.10. The Labute approximate surface area is 86.4 Å². The summed E-state index contributed by atoms with van der Waals surface area (Å²) in [6.07, 6.45) is 6.61. The molecule has 0 N–H and O–H groups in total. The summed E-state index contributed by atoms with van der Waals surface area (Å²) in [5.41, 5.74) is 1.23. The third kappa shape index (κ3) is 4.83. The summed E-state index contributed by atoms with van der Waals surface area (Å²) < 4.78 is 5.48. The zero-order chi connectivity index (χ0) is 10.1. The minimum Gasteiger partial charge on any atom is -0.373 e. The van der Waals surface area contributed by atoms with Crippen molar-refractivity contribution in [1.82, 2.24) is 0 Å². The highest BCUT2D eigenvalue weighted by molar-refractivity contribution is 5.13. The van der Waals surface area contributed by atoms with Crippen molar-refractivity contribution in [3.63, 3.8) is 0 Å². The van der Waals surface area contributed by atoms with Crippen LogP contribution in [0.15, 0.2) is 42.5 Å². The molecule has 0 fully saturated rings. The summed E-state index contributed by atoms with van der Waals surface area (Å²) in [6, 6.07) is 10.2. The molecule has 0 heterocycles. The maximum atomic E-state index is 5.48. The van der Waals surface area contributed by atoms with E-state index in [0.29, 0.717) is 6.61 Å². The van der Waals surface area contributed by atoms with Crippen molar-refractivity contribution in [2.45, 2.75) is 26.4 Å². The summed E-state index contributed by atoms with van der Waals surface area (Å²) >= 11 is 0. The highest BCUT2D eigenvalue weighted by Gasteiger charge is 1.88. The zero-order valence-corrected chi connectivity index (χ0v) is 8.78. The average molecular weight is 190 g/mol. The quantitative estimate of drug-likeness (QED) is 0.492. The molecule has 0 saturated heterocycles. The van der Waals surface area contributed by atoms with Crippen LogP contribution in [0.1, 0.15) is 25.3 Å². The summed E-state index contributed by atoms with van der Waals surface area (Å²) in [5, 5.41) is 0. The van der Waals surface area contributed by atoms with E-state index < -0.39 is 0 Å². The van der Waals surface area contributed by atoms with E-state index in [-0.39, 0.29) is 0 Å². The molecular weight excluding hydrogens is 172 g/mol. The molecule has 0 saturated carbocycles. The van der Waals surface area contributed by atoms with E-state index in [2.05, 4.69) is 31.2 Å². The molecule has 0 aromatic heterocycles. The number of unbranched alkanes of at least 4 members (excludes halogenated alkanes) is 1. The van der Waals surface area contributed by atoms with Gasteiger partial charge in [0.1, 0.15) is 0 Å². The third-order valence-electron chi connectivity index (χ3n) is 1.95. The Hall–Kier alpha value is -1.08. The molecule has 14 heavy (non-hydrogen) atoms. The molecule has 0 unspecified atom stereocenters. The van der Waals surface area contributed by atoms with Crippen molar-refractivity contribution in [3.05, 3.63) is 48.0 Å². The Morgan fingerprint density at radius 3 is 2.64 bits per heavy atom. The van der Waals surface area contributed by atoms with Crippen LogP contribution in [0.4, 0.5) is 0 Å². The van der Waals surface area contributed by atoms with Gasteiger partial charge in [0.15, 0.2) is 0 Å². The topological polar surface area (TPSA) is 9.23 Å². The Morgan fingerprint density at radius 1 is 1.14 bits per heavy atom. The molecule has 0 spiro atoms. The molecule has 0 aliphatic carbocycles. The second-order valence-electron chi connectivity index (χ2n) is 3.26. The van der Waals surface area contributed by atoms with E-state index in [1.165, 1.54) is 12.0 Å². The van der Waals surface area contributed by atoms with Crippen molar-refractivity contribution in [3.8, 4) is 0 Å². The fraction of sp³-hybridized carbons (Fsp3) is 0.385. The molecule has 76 valence electrons. The lowest BCUT2D eigenvalue weighted by Gasteiger charge is -2.00. The highest BCUT2D eigenvalue weighted by Crippen LogP contribution is 2.00. The molecule has 1 aromatic carbocycles. The number of hydrogen-bond donors (Lipinski definition) is 0. The molecule has 1 nitrogen and oxygen atoms in total. The van der Waals surface area contributed by atoms with Gasteiger partial charge in [-0.05, 0) is 12.0 Å². The highest BCUT2D eigenvalue weighted by atomic mass is 16.5. The first-order valence-corrected chi connectivity index (χ1v) is 5.20. The zero-order valence-electron chi connectivity index (χ0n) is 8.78. The normalized spacial score (nSPS) is 10.9. The van der Waals surface area contributed by atoms with Crippen molar-refractivity contribution in [1.29, 1.82) is 0 Å². The van der Waals surface area contributed by atoms with Crippen molar-refractivity contribution in [2.24, 2.45) is 0 Å². The Kier molecular flexibility index (Phi) is 5.76. The van der Waals surface area contributed by atoms with Crippen LogP contribution in [0, 0.1) is 0 Å². The van der Waals surface area contributed by atoms with Crippen molar-refractivity contribution in [2.75, 3.05) is 6.61 Å². The molecule has 0 aliphatic heterocycles. The van der Waals surface area contributed by atoms with Gasteiger partial charge in [0, 0.05) is 0 Å². The lowest BCUT2D eigenvalue weighted by Crippen LogP contribution is -1.91. The van der Waals surface area contributed by atoms with Crippen LogP contribution < -0.4 is 0 Å². The van der Waals surface area contributed by atoms with Gasteiger partial charge >= 0.3 is 0 Å². The lowest BCUT2D eigenvalue weighted by molar-refractivity contribution is 0.148. The number of benzene rings is 1. The van der Waals surface area contributed by atoms with Gasteiger partial charge in [-0.2, -0.15) is 0 Å². The first-order valence-electron chi connectivity index (χ1n) is 5.20. The molecular formula is C13H18O. The van der Waals surface area contributed by atoms with Gasteiger partial charge < -0.3 is 4.74 Å². The van der Waals surface area contributed by atoms with E-state index in [1.807, 2.05) is 18.2 Å². The number of allylic oxidation sites excluding steroid dienone is 1. The predicted octanol–water partition coefficient (Wildman–Crippen LogP) is 3.56. The monoisotopic (exact) mass is 190 g/mol. The molecule has 0 amide bonds. The first-order chi connectivity index (χ1) is 6.93. The number of hydrogen-bond acceptors (Lipinski definition) is 1. The van der Waals surface area contributed by atoms with Gasteiger partial charge in [0.05, 0.1) is 13.2 Å². The minimum atomic E-state index is 0.706. The predicted molar refractivity (Wildman–Crippen MR) is 60.1 cm³/mol. The van der Waals surface area contributed by atoms with Gasteiger partial charge in [-0.1, -0.05) is 55.8 Å². The summed E-state index contributed by atoms with van der Waals surface area (Å²) in [7, 11) is 0. The maximum Gasteiger partial charge on any atom is 0.0721 e. The van der Waals surface area contributed by atoms with Gasteiger partial charge in [0.25, 0.3) is 0 Å². The summed E-state index contributed by atoms with van der Waals surface area (Å²) in [4.78, 5) is 0. The summed E-state index contributed by atoms with van der Waals surface area (Å²) in [5.74, 6) is 0. The van der Waals surface area contributed by atoms with Crippen LogP contribution in [0.25, 0.3) is 0 Å². The van der Waals surface area contributed by atoms with E-state index >= 15 is 0 Å². The molecule has 0 radical (unpaired) electrons.